The monoisotopic (exact) mass is 394 g/mol. The van der Waals surface area contributed by atoms with Crippen LogP contribution in [0, 0.1) is 5.92 Å². The van der Waals surface area contributed by atoms with Crippen molar-refractivity contribution in [2.45, 2.75) is 53.0 Å². The van der Waals surface area contributed by atoms with Crippen LogP contribution in [-0.4, -0.2) is 23.6 Å². The summed E-state index contributed by atoms with van der Waals surface area (Å²) in [6.45, 7) is 11.6. The lowest BCUT2D eigenvalue weighted by Gasteiger charge is -2.22. The number of rotatable bonds is 6. The summed E-state index contributed by atoms with van der Waals surface area (Å²) in [5.74, 6) is -0.710. The summed E-state index contributed by atoms with van der Waals surface area (Å²) in [7, 11) is 0. The van der Waals surface area contributed by atoms with Crippen molar-refractivity contribution in [1.82, 2.24) is 5.32 Å². The van der Waals surface area contributed by atoms with Crippen molar-refractivity contribution in [3.05, 3.63) is 65.2 Å². The molecule has 29 heavy (non-hydrogen) atoms. The smallest absolute Gasteiger partial charge is 0.251 e. The van der Waals surface area contributed by atoms with E-state index in [1.807, 2.05) is 26.0 Å². The van der Waals surface area contributed by atoms with Gasteiger partial charge in [0.15, 0.2) is 5.78 Å². The molecule has 0 spiro atoms. The summed E-state index contributed by atoms with van der Waals surface area (Å²) in [5.41, 5.74) is 2.82. The molecule has 0 aliphatic carbocycles. The Morgan fingerprint density at radius 1 is 0.828 bits per heavy atom. The van der Waals surface area contributed by atoms with Gasteiger partial charge in [-0.05, 0) is 60.2 Å². The minimum Gasteiger partial charge on any atom is -0.340 e. The van der Waals surface area contributed by atoms with Crippen LogP contribution in [0.1, 0.15) is 67.8 Å². The first kappa shape index (κ1) is 22.3. The quantitative estimate of drug-likeness (QED) is 0.704. The number of ketones is 1. The summed E-state index contributed by atoms with van der Waals surface area (Å²) in [5, 5.41) is 5.65. The first-order valence-corrected chi connectivity index (χ1v) is 9.82. The lowest BCUT2D eigenvalue weighted by molar-refractivity contribution is -0.118. The number of carbonyl (C=O) groups excluding carboxylic acids is 3. The van der Waals surface area contributed by atoms with E-state index in [-0.39, 0.29) is 28.9 Å². The van der Waals surface area contributed by atoms with Gasteiger partial charge in [-0.25, -0.2) is 0 Å². The van der Waals surface area contributed by atoms with Gasteiger partial charge in [0.25, 0.3) is 5.91 Å². The molecule has 5 nitrogen and oxygen atoms in total. The van der Waals surface area contributed by atoms with E-state index in [2.05, 4.69) is 31.4 Å². The molecule has 2 amide bonds. The van der Waals surface area contributed by atoms with Crippen molar-refractivity contribution in [3.63, 3.8) is 0 Å². The van der Waals surface area contributed by atoms with Crippen molar-refractivity contribution in [2.24, 2.45) is 5.92 Å². The van der Waals surface area contributed by atoms with Gasteiger partial charge >= 0.3 is 0 Å². The number of anilines is 1. The molecule has 2 rings (SSSR count). The van der Waals surface area contributed by atoms with Crippen LogP contribution < -0.4 is 10.6 Å². The van der Waals surface area contributed by atoms with Gasteiger partial charge in [-0.1, -0.05) is 46.8 Å². The Bertz CT molecular complexity index is 876. The van der Waals surface area contributed by atoms with Gasteiger partial charge in [-0.3, -0.25) is 14.4 Å². The molecule has 0 radical (unpaired) electrons. The summed E-state index contributed by atoms with van der Waals surface area (Å²) in [6, 6.07) is 13.5. The maximum absolute atomic E-state index is 12.7. The third kappa shape index (κ3) is 6.01. The highest BCUT2D eigenvalue weighted by Gasteiger charge is 2.25. The lowest BCUT2D eigenvalue weighted by Crippen LogP contribution is -2.47. The van der Waals surface area contributed by atoms with Gasteiger partial charge in [0.1, 0.15) is 6.04 Å². The van der Waals surface area contributed by atoms with Crippen LogP contribution in [0.4, 0.5) is 5.69 Å². The maximum atomic E-state index is 12.7. The standard InChI is InChI=1S/C24H30N2O3/c1-15(2)21(23(29)25-20-13-9-17(10-14-20)16(3)27)26-22(28)18-7-11-19(12-8-18)24(4,5)6/h7-15,21H,1-6H3,(H,25,29)(H,26,28). The van der Waals surface area contributed by atoms with Crippen LogP contribution in [-0.2, 0) is 10.2 Å². The fourth-order valence-corrected chi connectivity index (χ4v) is 2.89. The molecular formula is C24H30N2O3. The molecule has 2 N–H and O–H groups in total. The van der Waals surface area contributed by atoms with Gasteiger partial charge in [-0.15, -0.1) is 0 Å². The summed E-state index contributed by atoms with van der Waals surface area (Å²) in [4.78, 5) is 36.8. The van der Waals surface area contributed by atoms with Crippen LogP contribution in [0.25, 0.3) is 0 Å². The first-order valence-electron chi connectivity index (χ1n) is 9.82. The summed E-state index contributed by atoms with van der Waals surface area (Å²) in [6.07, 6.45) is 0. The van der Waals surface area contributed by atoms with Crippen molar-refractivity contribution in [3.8, 4) is 0 Å². The molecule has 1 unspecified atom stereocenters. The summed E-state index contributed by atoms with van der Waals surface area (Å²) < 4.78 is 0. The predicted octanol–water partition coefficient (Wildman–Crippen LogP) is 4.58. The highest BCUT2D eigenvalue weighted by molar-refractivity contribution is 6.01. The van der Waals surface area contributed by atoms with Crippen LogP contribution in [0.3, 0.4) is 0 Å². The Kier molecular flexibility index (Phi) is 6.96. The summed E-state index contributed by atoms with van der Waals surface area (Å²) >= 11 is 0. The number of nitrogens with one attached hydrogen (secondary N) is 2. The minimum absolute atomic E-state index is 0.00724. The molecule has 0 heterocycles. The van der Waals surface area contributed by atoms with E-state index in [1.54, 1.807) is 36.4 Å². The van der Waals surface area contributed by atoms with Gasteiger partial charge < -0.3 is 10.6 Å². The molecule has 2 aromatic carbocycles. The largest absolute Gasteiger partial charge is 0.340 e. The molecule has 0 fully saturated rings. The van der Waals surface area contributed by atoms with Gasteiger partial charge in [0, 0.05) is 16.8 Å². The highest BCUT2D eigenvalue weighted by Crippen LogP contribution is 2.22. The molecular weight excluding hydrogens is 364 g/mol. The molecule has 2 aromatic rings. The average molecular weight is 395 g/mol. The van der Waals surface area contributed by atoms with Crippen molar-refractivity contribution in [2.75, 3.05) is 5.32 Å². The zero-order valence-corrected chi connectivity index (χ0v) is 18.0. The van der Waals surface area contributed by atoms with Crippen LogP contribution >= 0.6 is 0 Å². The minimum atomic E-state index is -0.683. The van der Waals surface area contributed by atoms with E-state index < -0.39 is 6.04 Å². The second kappa shape index (κ2) is 9.03. The van der Waals surface area contributed by atoms with Gasteiger partial charge in [0.2, 0.25) is 5.91 Å². The van der Waals surface area contributed by atoms with E-state index >= 15 is 0 Å². The Balaban J connectivity index is 2.09. The second-order valence-corrected chi connectivity index (χ2v) is 8.65. The third-order valence-corrected chi connectivity index (χ3v) is 4.81. The van der Waals surface area contributed by atoms with E-state index in [4.69, 9.17) is 0 Å². The van der Waals surface area contributed by atoms with Crippen LogP contribution in [0.5, 0.6) is 0 Å². The number of carbonyl (C=O) groups is 3. The third-order valence-electron chi connectivity index (χ3n) is 4.81. The molecule has 0 aliphatic rings. The molecule has 0 aromatic heterocycles. The highest BCUT2D eigenvalue weighted by atomic mass is 16.2. The van der Waals surface area contributed by atoms with Crippen LogP contribution in [0.15, 0.2) is 48.5 Å². The predicted molar refractivity (Wildman–Crippen MR) is 116 cm³/mol. The maximum Gasteiger partial charge on any atom is 0.251 e. The van der Waals surface area contributed by atoms with Crippen LogP contribution in [0.2, 0.25) is 0 Å². The van der Waals surface area contributed by atoms with Crippen molar-refractivity contribution in [1.29, 1.82) is 0 Å². The Morgan fingerprint density at radius 3 is 1.79 bits per heavy atom. The molecule has 0 aliphatic heterocycles. The fraction of sp³-hybridized carbons (Fsp3) is 0.375. The Hall–Kier alpha value is -2.95. The van der Waals surface area contributed by atoms with Crippen molar-refractivity contribution < 1.29 is 14.4 Å². The van der Waals surface area contributed by atoms with E-state index in [9.17, 15) is 14.4 Å². The van der Waals surface area contributed by atoms with E-state index in [1.165, 1.54) is 6.92 Å². The second-order valence-electron chi connectivity index (χ2n) is 8.65. The average Bonchev–Trinajstić information content (AvgIpc) is 2.65. The van der Waals surface area contributed by atoms with Gasteiger partial charge in [-0.2, -0.15) is 0 Å². The van der Waals surface area contributed by atoms with Gasteiger partial charge in [0.05, 0.1) is 0 Å². The Morgan fingerprint density at radius 2 is 1.34 bits per heavy atom. The zero-order valence-electron chi connectivity index (χ0n) is 18.0. The number of amides is 2. The van der Waals surface area contributed by atoms with E-state index in [0.29, 0.717) is 16.8 Å². The zero-order chi connectivity index (χ0) is 21.8. The molecule has 5 heteroatoms. The number of hydrogen-bond donors (Lipinski definition) is 2. The Labute approximate surface area is 172 Å². The first-order chi connectivity index (χ1) is 13.5. The van der Waals surface area contributed by atoms with E-state index in [0.717, 1.165) is 5.56 Å². The number of Topliss-reactive ketones (excluding diaryl/α,β-unsaturated/α-hetero) is 1. The number of benzene rings is 2. The molecule has 0 saturated carbocycles. The fourth-order valence-electron chi connectivity index (χ4n) is 2.89. The molecule has 0 saturated heterocycles. The molecule has 154 valence electrons. The molecule has 0 bridgehead atoms. The topological polar surface area (TPSA) is 75.3 Å². The lowest BCUT2D eigenvalue weighted by atomic mass is 9.86. The molecule has 1 atom stereocenters. The SMILES string of the molecule is CC(=O)c1ccc(NC(=O)C(NC(=O)c2ccc(C(C)(C)C)cc2)C(C)C)cc1. The number of hydrogen-bond acceptors (Lipinski definition) is 3. The van der Waals surface area contributed by atoms with Crippen molar-refractivity contribution >= 4 is 23.3 Å². The normalized spacial score (nSPS) is 12.4.